The van der Waals surface area contributed by atoms with Gasteiger partial charge in [-0.15, -0.1) is 0 Å². The van der Waals surface area contributed by atoms with Crippen LogP contribution in [-0.2, 0) is 9.59 Å². The van der Waals surface area contributed by atoms with E-state index in [1.165, 1.54) is 6.20 Å². The molecule has 0 spiro atoms. The summed E-state index contributed by atoms with van der Waals surface area (Å²) in [5.41, 5.74) is 1.97. The Balaban J connectivity index is 1.51. The Morgan fingerprint density at radius 3 is 2.88 bits per heavy atom. The van der Waals surface area contributed by atoms with E-state index in [1.807, 2.05) is 36.1 Å². The number of carboxylic acid groups (broad SMARTS) is 1. The van der Waals surface area contributed by atoms with Crippen molar-refractivity contribution in [2.24, 2.45) is 5.92 Å². The molecule has 34 heavy (non-hydrogen) atoms. The van der Waals surface area contributed by atoms with Crippen LogP contribution < -0.4 is 5.32 Å². The summed E-state index contributed by atoms with van der Waals surface area (Å²) in [6, 6.07) is 7.70. The molecule has 1 amide bonds. The van der Waals surface area contributed by atoms with Gasteiger partial charge in [0, 0.05) is 37.0 Å². The first-order chi connectivity index (χ1) is 16.4. The highest BCUT2D eigenvalue weighted by Crippen LogP contribution is 2.31. The first-order valence-electron chi connectivity index (χ1n) is 12.3. The Labute approximate surface area is 199 Å². The molecule has 0 radical (unpaired) electrons. The van der Waals surface area contributed by atoms with Gasteiger partial charge in [-0.1, -0.05) is 31.5 Å². The van der Waals surface area contributed by atoms with Crippen molar-refractivity contribution < 1.29 is 19.1 Å². The number of carbonyl (C=O) groups excluding carboxylic acids is 1. The molecule has 3 atom stereocenters. The summed E-state index contributed by atoms with van der Waals surface area (Å²) in [5.74, 6) is -0.922. The minimum atomic E-state index is -0.776. The number of nitrogens with one attached hydrogen (secondary N) is 1. The van der Waals surface area contributed by atoms with E-state index in [9.17, 15) is 19.1 Å². The second-order valence-corrected chi connectivity index (χ2v) is 9.49. The number of piperidine rings is 1. The SMILES string of the molecule is CCCC(=O)N1CCCC(c2cccc(-c3nc(N[C@@H]4CCC[C@H](C(=O)O)C4)ncc3F)c2)C1. The van der Waals surface area contributed by atoms with E-state index in [-0.39, 0.29) is 29.5 Å². The highest BCUT2D eigenvalue weighted by atomic mass is 19.1. The average molecular weight is 469 g/mol. The molecule has 2 fully saturated rings. The Morgan fingerprint density at radius 2 is 2.09 bits per heavy atom. The molecule has 1 saturated carbocycles. The van der Waals surface area contributed by atoms with Crippen molar-refractivity contribution >= 4 is 17.8 Å². The molecule has 4 rings (SSSR count). The van der Waals surface area contributed by atoms with Crippen LogP contribution in [0.1, 0.15) is 69.8 Å². The van der Waals surface area contributed by atoms with Gasteiger partial charge in [0.15, 0.2) is 5.82 Å². The lowest BCUT2D eigenvalue weighted by atomic mass is 9.86. The lowest BCUT2D eigenvalue weighted by molar-refractivity contribution is -0.142. The molecule has 2 aromatic rings. The van der Waals surface area contributed by atoms with Crippen LogP contribution >= 0.6 is 0 Å². The summed E-state index contributed by atoms with van der Waals surface area (Å²) in [7, 11) is 0. The number of hydrogen-bond acceptors (Lipinski definition) is 5. The zero-order valence-corrected chi connectivity index (χ0v) is 19.7. The topological polar surface area (TPSA) is 95.4 Å². The molecule has 1 unspecified atom stereocenters. The number of amides is 1. The fraction of sp³-hybridized carbons (Fsp3) is 0.538. The highest BCUT2D eigenvalue weighted by Gasteiger charge is 2.28. The summed E-state index contributed by atoms with van der Waals surface area (Å²) in [6.45, 7) is 3.50. The zero-order chi connectivity index (χ0) is 24.1. The molecule has 2 N–H and O–H groups in total. The number of rotatable bonds is 7. The van der Waals surface area contributed by atoms with Gasteiger partial charge in [-0.05, 0) is 50.2 Å². The third-order valence-corrected chi connectivity index (χ3v) is 6.97. The molecule has 1 aromatic carbocycles. The van der Waals surface area contributed by atoms with Crippen molar-refractivity contribution in [1.82, 2.24) is 14.9 Å². The van der Waals surface area contributed by atoms with Crippen LogP contribution in [0.15, 0.2) is 30.5 Å². The predicted molar refractivity (Wildman–Crippen MR) is 128 cm³/mol. The van der Waals surface area contributed by atoms with Crippen LogP contribution in [0, 0.1) is 11.7 Å². The van der Waals surface area contributed by atoms with Crippen LogP contribution in [0.4, 0.5) is 10.3 Å². The Hall–Kier alpha value is -3.03. The molecule has 0 bridgehead atoms. The molecule has 1 saturated heterocycles. The van der Waals surface area contributed by atoms with E-state index in [2.05, 4.69) is 15.3 Å². The maximum absolute atomic E-state index is 14.7. The molecular weight excluding hydrogens is 435 g/mol. The molecular formula is C26H33FN4O3. The van der Waals surface area contributed by atoms with Crippen LogP contribution in [0.2, 0.25) is 0 Å². The molecule has 8 heteroatoms. The minimum absolute atomic E-state index is 0.0478. The lowest BCUT2D eigenvalue weighted by Crippen LogP contribution is -2.38. The number of aliphatic carboxylic acids is 1. The summed E-state index contributed by atoms with van der Waals surface area (Å²) < 4.78 is 14.7. The molecule has 2 heterocycles. The number of likely N-dealkylation sites (tertiary alicyclic amines) is 1. The monoisotopic (exact) mass is 468 g/mol. The Kier molecular flexibility index (Phi) is 7.75. The maximum Gasteiger partial charge on any atom is 0.306 e. The average Bonchev–Trinajstić information content (AvgIpc) is 2.85. The van der Waals surface area contributed by atoms with Gasteiger partial charge in [-0.2, -0.15) is 0 Å². The first kappa shape index (κ1) is 24.1. The van der Waals surface area contributed by atoms with Crippen molar-refractivity contribution in [2.45, 2.75) is 70.3 Å². The van der Waals surface area contributed by atoms with Gasteiger partial charge in [-0.25, -0.2) is 14.4 Å². The van der Waals surface area contributed by atoms with E-state index >= 15 is 0 Å². The summed E-state index contributed by atoms with van der Waals surface area (Å²) in [6.07, 6.45) is 7.38. The second-order valence-electron chi connectivity index (χ2n) is 9.49. The minimum Gasteiger partial charge on any atom is -0.481 e. The fourth-order valence-electron chi connectivity index (χ4n) is 5.15. The standard InChI is InChI=1S/C26H33FN4O3/c1-2-6-23(32)31-12-5-10-20(16-31)17-7-3-8-18(13-17)24-22(27)15-28-26(30-24)29-21-11-4-9-19(14-21)25(33)34/h3,7-8,13,15,19-21H,2,4-6,9-12,14,16H2,1H3,(H,33,34)(H,28,29,30)/t19-,20?,21+/m0/s1. The van der Waals surface area contributed by atoms with Gasteiger partial charge in [0.25, 0.3) is 0 Å². The normalized spacial score (nSPS) is 22.9. The van der Waals surface area contributed by atoms with E-state index in [0.717, 1.165) is 44.2 Å². The number of anilines is 1. The number of nitrogens with zero attached hydrogens (tertiary/aromatic N) is 3. The van der Waals surface area contributed by atoms with E-state index in [4.69, 9.17) is 0 Å². The van der Waals surface area contributed by atoms with E-state index in [0.29, 0.717) is 37.3 Å². The van der Waals surface area contributed by atoms with Gasteiger partial charge in [0.2, 0.25) is 11.9 Å². The Bertz CT molecular complexity index is 1030. The van der Waals surface area contributed by atoms with Gasteiger partial charge < -0.3 is 15.3 Å². The summed E-state index contributed by atoms with van der Waals surface area (Å²) in [4.78, 5) is 34.2. The van der Waals surface area contributed by atoms with Crippen LogP contribution in [0.5, 0.6) is 0 Å². The number of hydrogen-bond donors (Lipinski definition) is 2. The number of aromatic nitrogens is 2. The first-order valence-corrected chi connectivity index (χ1v) is 12.3. The smallest absolute Gasteiger partial charge is 0.306 e. The summed E-state index contributed by atoms with van der Waals surface area (Å²) >= 11 is 0. The molecule has 7 nitrogen and oxygen atoms in total. The van der Waals surface area contributed by atoms with E-state index < -0.39 is 11.8 Å². The van der Waals surface area contributed by atoms with Gasteiger partial charge in [-0.3, -0.25) is 9.59 Å². The third kappa shape index (κ3) is 5.72. The fourth-order valence-corrected chi connectivity index (χ4v) is 5.15. The van der Waals surface area contributed by atoms with Crippen molar-refractivity contribution in [3.05, 3.63) is 41.8 Å². The second kappa shape index (κ2) is 10.9. The predicted octanol–water partition coefficient (Wildman–Crippen LogP) is 4.84. The molecule has 1 aliphatic heterocycles. The number of carboxylic acids is 1. The molecule has 182 valence electrons. The highest BCUT2D eigenvalue weighted by molar-refractivity contribution is 5.76. The molecule has 1 aromatic heterocycles. The van der Waals surface area contributed by atoms with Crippen molar-refractivity contribution in [2.75, 3.05) is 18.4 Å². The number of carbonyl (C=O) groups is 2. The van der Waals surface area contributed by atoms with E-state index in [1.54, 1.807) is 0 Å². The zero-order valence-electron chi connectivity index (χ0n) is 19.7. The van der Waals surface area contributed by atoms with Crippen molar-refractivity contribution in [3.63, 3.8) is 0 Å². The van der Waals surface area contributed by atoms with Crippen molar-refractivity contribution in [1.29, 1.82) is 0 Å². The van der Waals surface area contributed by atoms with Crippen LogP contribution in [0.25, 0.3) is 11.3 Å². The lowest BCUT2D eigenvalue weighted by Gasteiger charge is -2.33. The Morgan fingerprint density at radius 1 is 1.24 bits per heavy atom. The van der Waals surface area contributed by atoms with Gasteiger partial charge >= 0.3 is 5.97 Å². The summed E-state index contributed by atoms with van der Waals surface area (Å²) in [5, 5.41) is 12.5. The largest absolute Gasteiger partial charge is 0.481 e. The number of benzene rings is 1. The van der Waals surface area contributed by atoms with Crippen LogP contribution in [-0.4, -0.2) is 51.0 Å². The van der Waals surface area contributed by atoms with Crippen molar-refractivity contribution in [3.8, 4) is 11.3 Å². The third-order valence-electron chi connectivity index (χ3n) is 6.97. The molecule has 1 aliphatic carbocycles. The van der Waals surface area contributed by atoms with Gasteiger partial charge in [0.05, 0.1) is 12.1 Å². The maximum atomic E-state index is 14.7. The quantitative estimate of drug-likeness (QED) is 0.604. The number of halogens is 1. The van der Waals surface area contributed by atoms with Crippen LogP contribution in [0.3, 0.4) is 0 Å². The van der Waals surface area contributed by atoms with Gasteiger partial charge in [0.1, 0.15) is 5.69 Å². The molecule has 2 aliphatic rings.